The van der Waals surface area contributed by atoms with Crippen molar-refractivity contribution in [2.24, 2.45) is 7.05 Å². The Kier molecular flexibility index (Phi) is 4.45. The van der Waals surface area contributed by atoms with Crippen LogP contribution in [0.1, 0.15) is 31.0 Å². The zero-order chi connectivity index (χ0) is 14.7. The molecule has 0 aliphatic rings. The van der Waals surface area contributed by atoms with E-state index < -0.39 is 12.0 Å². The number of hydrogen-bond donors (Lipinski definition) is 2. The molecule has 0 aliphatic heterocycles. The SMILES string of the molecule is CCCC(NCc1c(C)c2ccccc2n1C)C(=O)O. The first-order chi connectivity index (χ1) is 9.56. The maximum Gasteiger partial charge on any atom is 0.320 e. The first kappa shape index (κ1) is 14.6. The van der Waals surface area contributed by atoms with E-state index in [0.29, 0.717) is 13.0 Å². The van der Waals surface area contributed by atoms with Gasteiger partial charge in [0.1, 0.15) is 6.04 Å². The van der Waals surface area contributed by atoms with Crippen molar-refractivity contribution in [2.45, 2.75) is 39.3 Å². The van der Waals surface area contributed by atoms with Crippen molar-refractivity contribution in [3.05, 3.63) is 35.5 Å². The summed E-state index contributed by atoms with van der Waals surface area (Å²) in [7, 11) is 2.03. The number of carboxylic acids is 1. The van der Waals surface area contributed by atoms with E-state index in [9.17, 15) is 9.90 Å². The highest BCUT2D eigenvalue weighted by Crippen LogP contribution is 2.24. The molecule has 1 atom stereocenters. The van der Waals surface area contributed by atoms with Crippen molar-refractivity contribution in [1.29, 1.82) is 0 Å². The van der Waals surface area contributed by atoms with Gasteiger partial charge < -0.3 is 9.67 Å². The minimum atomic E-state index is -0.775. The summed E-state index contributed by atoms with van der Waals surface area (Å²) in [6.45, 7) is 4.67. The van der Waals surface area contributed by atoms with Gasteiger partial charge in [-0.2, -0.15) is 0 Å². The molecule has 4 nitrogen and oxygen atoms in total. The Morgan fingerprint density at radius 3 is 2.70 bits per heavy atom. The number of para-hydroxylation sites is 1. The van der Waals surface area contributed by atoms with Crippen LogP contribution in [0.5, 0.6) is 0 Å². The van der Waals surface area contributed by atoms with E-state index in [1.54, 1.807) is 0 Å². The molecule has 108 valence electrons. The van der Waals surface area contributed by atoms with Gasteiger partial charge in [0.2, 0.25) is 0 Å². The lowest BCUT2D eigenvalue weighted by Crippen LogP contribution is -2.36. The summed E-state index contributed by atoms with van der Waals surface area (Å²) in [6, 6.07) is 7.78. The number of benzene rings is 1. The molecule has 0 amide bonds. The molecule has 0 fully saturated rings. The Balaban J connectivity index is 2.23. The molecule has 0 spiro atoms. The summed E-state index contributed by atoms with van der Waals surface area (Å²) in [5, 5.41) is 13.6. The third-order valence-corrected chi connectivity index (χ3v) is 3.90. The lowest BCUT2D eigenvalue weighted by Gasteiger charge is -2.14. The second-order valence-electron chi connectivity index (χ2n) is 5.21. The Bertz CT molecular complexity index is 577. The molecule has 1 aromatic carbocycles. The fourth-order valence-electron chi connectivity index (χ4n) is 2.71. The van der Waals surface area contributed by atoms with Gasteiger partial charge in [0.15, 0.2) is 0 Å². The Morgan fingerprint density at radius 2 is 2.10 bits per heavy atom. The molecule has 1 aromatic heterocycles. The fraction of sp³-hybridized carbons (Fsp3) is 0.438. The number of carbonyl (C=O) groups is 1. The van der Waals surface area contributed by atoms with Crippen LogP contribution in [-0.4, -0.2) is 21.7 Å². The molecule has 1 heterocycles. The fourth-order valence-corrected chi connectivity index (χ4v) is 2.71. The number of carboxylic acid groups (broad SMARTS) is 1. The third-order valence-electron chi connectivity index (χ3n) is 3.90. The van der Waals surface area contributed by atoms with Gasteiger partial charge in [-0.15, -0.1) is 0 Å². The number of hydrogen-bond acceptors (Lipinski definition) is 2. The molecule has 0 aliphatic carbocycles. The predicted molar refractivity (Wildman–Crippen MR) is 80.8 cm³/mol. The molecule has 0 radical (unpaired) electrons. The largest absolute Gasteiger partial charge is 0.480 e. The number of aromatic nitrogens is 1. The number of aliphatic carboxylic acids is 1. The number of nitrogens with one attached hydrogen (secondary N) is 1. The summed E-state index contributed by atoms with van der Waals surface area (Å²) in [5.41, 5.74) is 3.55. The molecule has 2 rings (SSSR count). The Labute approximate surface area is 119 Å². The molecule has 4 heteroatoms. The van der Waals surface area contributed by atoms with Crippen molar-refractivity contribution in [1.82, 2.24) is 9.88 Å². The van der Waals surface area contributed by atoms with Gasteiger partial charge in [0.25, 0.3) is 0 Å². The maximum absolute atomic E-state index is 11.2. The van der Waals surface area contributed by atoms with Crippen LogP contribution in [0.25, 0.3) is 10.9 Å². The highest BCUT2D eigenvalue weighted by molar-refractivity contribution is 5.85. The van der Waals surface area contributed by atoms with Crippen molar-refractivity contribution in [3.8, 4) is 0 Å². The number of nitrogens with zero attached hydrogens (tertiary/aromatic N) is 1. The smallest absolute Gasteiger partial charge is 0.320 e. The van der Waals surface area contributed by atoms with E-state index in [4.69, 9.17) is 0 Å². The second kappa shape index (κ2) is 6.09. The van der Waals surface area contributed by atoms with Crippen LogP contribution in [0, 0.1) is 6.92 Å². The predicted octanol–water partition coefficient (Wildman–Crippen LogP) is 2.83. The van der Waals surface area contributed by atoms with Crippen molar-refractivity contribution < 1.29 is 9.90 Å². The Morgan fingerprint density at radius 1 is 1.40 bits per heavy atom. The number of rotatable bonds is 6. The molecule has 2 N–H and O–H groups in total. The number of aryl methyl sites for hydroxylation is 2. The molecule has 0 bridgehead atoms. The molecule has 20 heavy (non-hydrogen) atoms. The van der Waals surface area contributed by atoms with Gasteiger partial charge in [0.05, 0.1) is 0 Å². The minimum absolute atomic E-state index is 0.475. The molecule has 1 unspecified atom stereocenters. The Hall–Kier alpha value is -1.81. The summed E-state index contributed by atoms with van der Waals surface area (Å²) in [6.07, 6.45) is 1.51. The molecule has 2 aromatic rings. The molecule has 0 saturated heterocycles. The standard InChI is InChI=1S/C16H22N2O2/c1-4-7-13(16(19)20)17-10-15-11(2)12-8-5-6-9-14(12)18(15)3/h5-6,8-9,13,17H,4,7,10H2,1-3H3,(H,19,20). The maximum atomic E-state index is 11.2. The summed E-state index contributed by atoms with van der Waals surface area (Å²) < 4.78 is 2.14. The highest BCUT2D eigenvalue weighted by Gasteiger charge is 2.17. The summed E-state index contributed by atoms with van der Waals surface area (Å²) >= 11 is 0. The van der Waals surface area contributed by atoms with Crippen molar-refractivity contribution in [3.63, 3.8) is 0 Å². The van der Waals surface area contributed by atoms with E-state index in [-0.39, 0.29) is 0 Å². The van der Waals surface area contributed by atoms with Crippen molar-refractivity contribution >= 4 is 16.9 Å². The average molecular weight is 274 g/mol. The van der Waals surface area contributed by atoms with E-state index in [0.717, 1.165) is 12.1 Å². The van der Waals surface area contributed by atoms with E-state index in [1.165, 1.54) is 16.5 Å². The molecular formula is C16H22N2O2. The van der Waals surface area contributed by atoms with Crippen molar-refractivity contribution in [2.75, 3.05) is 0 Å². The third kappa shape index (κ3) is 2.70. The zero-order valence-electron chi connectivity index (χ0n) is 12.3. The van der Waals surface area contributed by atoms with Crippen LogP contribution in [0.3, 0.4) is 0 Å². The zero-order valence-corrected chi connectivity index (χ0v) is 12.3. The summed E-state index contributed by atoms with van der Waals surface area (Å²) in [5.74, 6) is -0.775. The monoisotopic (exact) mass is 274 g/mol. The van der Waals surface area contributed by atoms with Crippen LogP contribution in [-0.2, 0) is 18.4 Å². The molecular weight excluding hydrogens is 252 g/mol. The van der Waals surface area contributed by atoms with Crippen LogP contribution in [0.15, 0.2) is 24.3 Å². The van der Waals surface area contributed by atoms with Gasteiger partial charge in [-0.3, -0.25) is 10.1 Å². The van der Waals surface area contributed by atoms with Gasteiger partial charge in [-0.25, -0.2) is 0 Å². The first-order valence-electron chi connectivity index (χ1n) is 7.05. The summed E-state index contributed by atoms with van der Waals surface area (Å²) in [4.78, 5) is 11.2. The van der Waals surface area contributed by atoms with Gasteiger partial charge in [-0.05, 0) is 25.0 Å². The topological polar surface area (TPSA) is 54.3 Å². The molecule has 0 saturated carbocycles. The lowest BCUT2D eigenvalue weighted by atomic mass is 10.1. The lowest BCUT2D eigenvalue weighted by molar-refractivity contribution is -0.139. The van der Waals surface area contributed by atoms with E-state index >= 15 is 0 Å². The second-order valence-corrected chi connectivity index (χ2v) is 5.21. The first-order valence-corrected chi connectivity index (χ1v) is 7.05. The minimum Gasteiger partial charge on any atom is -0.480 e. The average Bonchev–Trinajstić information content (AvgIpc) is 2.68. The van der Waals surface area contributed by atoms with Gasteiger partial charge in [-0.1, -0.05) is 31.5 Å². The normalized spacial score (nSPS) is 12.8. The van der Waals surface area contributed by atoms with Gasteiger partial charge >= 0.3 is 5.97 Å². The van der Waals surface area contributed by atoms with E-state index in [1.807, 2.05) is 26.1 Å². The van der Waals surface area contributed by atoms with Crippen LogP contribution < -0.4 is 5.32 Å². The van der Waals surface area contributed by atoms with Crippen LogP contribution >= 0.6 is 0 Å². The number of fused-ring (bicyclic) bond motifs is 1. The van der Waals surface area contributed by atoms with Crippen LogP contribution in [0.2, 0.25) is 0 Å². The van der Waals surface area contributed by atoms with Gasteiger partial charge in [0, 0.05) is 30.2 Å². The van der Waals surface area contributed by atoms with E-state index in [2.05, 4.69) is 28.9 Å². The quantitative estimate of drug-likeness (QED) is 0.851. The highest BCUT2D eigenvalue weighted by atomic mass is 16.4. The van der Waals surface area contributed by atoms with Crippen LogP contribution in [0.4, 0.5) is 0 Å².